The summed E-state index contributed by atoms with van der Waals surface area (Å²) >= 11 is 0. The van der Waals surface area contributed by atoms with Gasteiger partial charge >= 0.3 is 12.1 Å². The van der Waals surface area contributed by atoms with E-state index in [1.54, 1.807) is 20.8 Å². The smallest absolute Gasteiger partial charge is 0.417 e. The van der Waals surface area contributed by atoms with E-state index in [2.05, 4.69) is 0 Å². The number of rotatable bonds is 4. The number of imide groups is 1. The molecule has 1 atom stereocenters. The summed E-state index contributed by atoms with van der Waals surface area (Å²) in [6, 6.07) is 4.47. The van der Waals surface area contributed by atoms with Crippen LogP contribution in [0.3, 0.4) is 0 Å². The molecule has 1 aromatic carbocycles. The minimum Gasteiger partial charge on any atom is -0.458 e. The Morgan fingerprint density at radius 3 is 2.44 bits per heavy atom. The normalized spacial score (nSPS) is 17.4. The van der Waals surface area contributed by atoms with Crippen molar-refractivity contribution < 1.29 is 28.8 Å². The quantitative estimate of drug-likeness (QED) is 0.449. The number of carbonyl (C=O) groups is 3. The Labute approximate surface area is 156 Å². The van der Waals surface area contributed by atoms with E-state index in [1.807, 2.05) is 0 Å². The second-order valence-electron chi connectivity index (χ2n) is 7.18. The van der Waals surface area contributed by atoms with E-state index in [-0.39, 0.29) is 18.7 Å². The molecule has 9 heteroatoms. The highest BCUT2D eigenvalue weighted by Gasteiger charge is 2.40. The molecule has 0 aromatic heterocycles. The molecular weight excluding hydrogens is 356 g/mol. The third-order valence-corrected chi connectivity index (χ3v) is 3.83. The fourth-order valence-electron chi connectivity index (χ4n) is 2.62. The van der Waals surface area contributed by atoms with Gasteiger partial charge in [0.05, 0.1) is 4.92 Å². The van der Waals surface area contributed by atoms with Gasteiger partial charge in [-0.15, -0.1) is 0 Å². The highest BCUT2D eigenvalue weighted by molar-refractivity contribution is 5.97. The average Bonchev–Trinajstić information content (AvgIpc) is 2.58. The number of nitro groups is 1. The second-order valence-corrected chi connectivity index (χ2v) is 7.18. The summed E-state index contributed by atoms with van der Waals surface area (Å²) in [5.74, 6) is -1.14. The Hall–Kier alpha value is -2.97. The van der Waals surface area contributed by atoms with E-state index in [0.29, 0.717) is 18.4 Å². The van der Waals surface area contributed by atoms with Crippen LogP contribution in [-0.4, -0.2) is 39.4 Å². The van der Waals surface area contributed by atoms with Gasteiger partial charge in [0, 0.05) is 18.6 Å². The predicted molar refractivity (Wildman–Crippen MR) is 93.6 cm³/mol. The number of carbonyl (C=O) groups excluding carboxylic acids is 3. The third-order valence-electron chi connectivity index (χ3n) is 3.83. The maximum Gasteiger partial charge on any atom is 0.417 e. The Balaban J connectivity index is 2.05. The van der Waals surface area contributed by atoms with Gasteiger partial charge in [0.1, 0.15) is 18.2 Å². The van der Waals surface area contributed by atoms with Crippen molar-refractivity contribution >= 4 is 23.7 Å². The molecule has 0 aliphatic carbocycles. The molecule has 0 saturated carbocycles. The molecule has 1 aromatic rings. The molecule has 146 valence electrons. The molecule has 2 amide bonds. The summed E-state index contributed by atoms with van der Waals surface area (Å²) < 4.78 is 10.4. The Bertz CT molecular complexity index is 737. The lowest BCUT2D eigenvalue weighted by Crippen LogP contribution is -2.52. The standard InChI is InChI=1S/C18H22N2O7/c1-18(2,3)27-16(22)14-5-4-6-15(21)19(14)17(23)26-11-12-7-9-13(10-8-12)20(24)25/h7-10,14H,4-6,11H2,1-3H3/t14-/m0/s1. The zero-order valence-corrected chi connectivity index (χ0v) is 15.5. The van der Waals surface area contributed by atoms with E-state index in [0.717, 1.165) is 4.90 Å². The molecule has 1 heterocycles. The number of esters is 1. The molecule has 0 spiro atoms. The number of ether oxygens (including phenoxy) is 2. The van der Waals surface area contributed by atoms with Crippen molar-refractivity contribution in [1.82, 2.24) is 4.90 Å². The average molecular weight is 378 g/mol. The van der Waals surface area contributed by atoms with Crippen LogP contribution in [0.15, 0.2) is 24.3 Å². The van der Waals surface area contributed by atoms with Crippen LogP contribution >= 0.6 is 0 Å². The topological polar surface area (TPSA) is 116 Å². The van der Waals surface area contributed by atoms with E-state index in [1.165, 1.54) is 24.3 Å². The SMILES string of the molecule is CC(C)(C)OC(=O)[C@@H]1CCCC(=O)N1C(=O)OCc1ccc([N+](=O)[O-])cc1. The first kappa shape index (κ1) is 20.3. The molecule has 1 aliphatic rings. The number of nitro benzene ring substituents is 1. The number of hydrogen-bond donors (Lipinski definition) is 0. The lowest BCUT2D eigenvalue weighted by molar-refractivity contribution is -0.384. The molecule has 27 heavy (non-hydrogen) atoms. The Morgan fingerprint density at radius 1 is 1.26 bits per heavy atom. The largest absolute Gasteiger partial charge is 0.458 e. The van der Waals surface area contributed by atoms with Crippen molar-refractivity contribution in [3.8, 4) is 0 Å². The minimum absolute atomic E-state index is 0.0822. The molecule has 0 radical (unpaired) electrons. The molecule has 1 aliphatic heterocycles. The first-order valence-electron chi connectivity index (χ1n) is 8.53. The van der Waals surface area contributed by atoms with Gasteiger partial charge in [0.25, 0.3) is 5.69 Å². The Kier molecular flexibility index (Phi) is 6.14. The van der Waals surface area contributed by atoms with Crippen molar-refractivity contribution in [2.75, 3.05) is 0 Å². The molecule has 0 bridgehead atoms. The second kappa shape index (κ2) is 8.15. The first-order chi connectivity index (χ1) is 12.6. The van der Waals surface area contributed by atoms with Gasteiger partial charge in [-0.05, 0) is 51.3 Å². The highest BCUT2D eigenvalue weighted by Crippen LogP contribution is 2.23. The summed E-state index contributed by atoms with van der Waals surface area (Å²) in [7, 11) is 0. The van der Waals surface area contributed by atoms with Crippen molar-refractivity contribution in [2.24, 2.45) is 0 Å². The summed E-state index contributed by atoms with van der Waals surface area (Å²) in [5.41, 5.74) is -0.306. The number of piperidine rings is 1. The van der Waals surface area contributed by atoms with Crippen LogP contribution in [0.25, 0.3) is 0 Å². The maximum atomic E-state index is 12.4. The van der Waals surface area contributed by atoms with Gasteiger partial charge in [-0.25, -0.2) is 14.5 Å². The highest BCUT2D eigenvalue weighted by atomic mass is 16.6. The first-order valence-corrected chi connectivity index (χ1v) is 8.53. The van der Waals surface area contributed by atoms with Crippen molar-refractivity contribution in [3.05, 3.63) is 39.9 Å². The van der Waals surface area contributed by atoms with Crippen LogP contribution in [0.4, 0.5) is 10.5 Å². The fourth-order valence-corrected chi connectivity index (χ4v) is 2.62. The number of amides is 2. The van der Waals surface area contributed by atoms with Gasteiger partial charge in [-0.1, -0.05) is 0 Å². The van der Waals surface area contributed by atoms with Gasteiger partial charge in [0.15, 0.2) is 0 Å². The molecule has 9 nitrogen and oxygen atoms in total. The number of benzene rings is 1. The van der Waals surface area contributed by atoms with Crippen LogP contribution in [0.1, 0.15) is 45.6 Å². The van der Waals surface area contributed by atoms with Crippen LogP contribution in [0.5, 0.6) is 0 Å². The third kappa shape index (κ3) is 5.50. The minimum atomic E-state index is -1.02. The summed E-state index contributed by atoms with van der Waals surface area (Å²) in [4.78, 5) is 47.9. The van der Waals surface area contributed by atoms with Crippen molar-refractivity contribution in [2.45, 2.75) is 58.3 Å². The van der Waals surface area contributed by atoms with Crippen LogP contribution < -0.4 is 0 Å². The van der Waals surface area contributed by atoms with Crippen LogP contribution in [-0.2, 0) is 25.7 Å². The molecule has 2 rings (SSSR count). The number of non-ortho nitro benzene ring substituents is 1. The monoisotopic (exact) mass is 378 g/mol. The zero-order valence-electron chi connectivity index (χ0n) is 15.5. The van der Waals surface area contributed by atoms with Gasteiger partial charge < -0.3 is 9.47 Å². The summed E-state index contributed by atoms with van der Waals surface area (Å²) in [5, 5.41) is 10.7. The maximum absolute atomic E-state index is 12.4. The zero-order chi connectivity index (χ0) is 20.2. The molecule has 0 N–H and O–H groups in total. The lowest BCUT2D eigenvalue weighted by atomic mass is 10.0. The lowest BCUT2D eigenvalue weighted by Gasteiger charge is -2.33. The fraction of sp³-hybridized carbons (Fsp3) is 0.500. The van der Waals surface area contributed by atoms with Gasteiger partial charge in [0.2, 0.25) is 5.91 Å². The van der Waals surface area contributed by atoms with Crippen LogP contribution in [0.2, 0.25) is 0 Å². The Morgan fingerprint density at radius 2 is 1.89 bits per heavy atom. The molecular formula is C18H22N2O7. The summed E-state index contributed by atoms with van der Waals surface area (Å²) in [6.45, 7) is 4.92. The van der Waals surface area contributed by atoms with Gasteiger partial charge in [-0.3, -0.25) is 14.9 Å². The predicted octanol–water partition coefficient (Wildman–Crippen LogP) is 2.95. The van der Waals surface area contributed by atoms with E-state index in [4.69, 9.17) is 9.47 Å². The van der Waals surface area contributed by atoms with E-state index < -0.39 is 34.5 Å². The number of nitrogens with zero attached hydrogens (tertiary/aromatic N) is 2. The van der Waals surface area contributed by atoms with E-state index >= 15 is 0 Å². The molecule has 0 unspecified atom stereocenters. The summed E-state index contributed by atoms with van der Waals surface area (Å²) in [6.07, 6.45) is 0.00239. The molecule has 1 saturated heterocycles. The number of hydrogen-bond acceptors (Lipinski definition) is 7. The number of likely N-dealkylation sites (tertiary alicyclic amines) is 1. The molecule has 1 fully saturated rings. The van der Waals surface area contributed by atoms with Crippen molar-refractivity contribution in [3.63, 3.8) is 0 Å². The van der Waals surface area contributed by atoms with Crippen LogP contribution in [0, 0.1) is 10.1 Å². The van der Waals surface area contributed by atoms with E-state index in [9.17, 15) is 24.5 Å². The van der Waals surface area contributed by atoms with Crippen molar-refractivity contribution in [1.29, 1.82) is 0 Å². The van der Waals surface area contributed by atoms with Gasteiger partial charge in [-0.2, -0.15) is 0 Å².